The number of ether oxygens (including phenoxy) is 1. The second-order valence-electron chi connectivity index (χ2n) is 4.77. The largest absolute Gasteiger partial charge is 0.494 e. The van der Waals surface area contributed by atoms with E-state index in [1.54, 1.807) is 0 Å². The van der Waals surface area contributed by atoms with Crippen molar-refractivity contribution in [2.75, 3.05) is 33.8 Å². The van der Waals surface area contributed by atoms with Crippen LogP contribution in [0.3, 0.4) is 0 Å². The number of hydrogen-bond acceptors (Lipinski definition) is 3. The first-order valence-corrected chi connectivity index (χ1v) is 6.78. The summed E-state index contributed by atoms with van der Waals surface area (Å²) in [6.07, 6.45) is 1.15. The van der Waals surface area contributed by atoms with E-state index in [4.69, 9.17) is 4.74 Å². The lowest BCUT2D eigenvalue weighted by atomic mass is 10.1. The van der Waals surface area contributed by atoms with Gasteiger partial charge >= 0.3 is 0 Å². The molecule has 0 amide bonds. The average molecular weight is 250 g/mol. The molecule has 0 fully saturated rings. The van der Waals surface area contributed by atoms with E-state index < -0.39 is 0 Å². The molecule has 0 aliphatic carbocycles. The predicted molar refractivity (Wildman–Crippen MR) is 77.2 cm³/mol. The maximum absolute atomic E-state index is 5.47. The van der Waals surface area contributed by atoms with Crippen LogP contribution in [0, 0.1) is 0 Å². The quantitative estimate of drug-likeness (QED) is 0.767. The highest BCUT2D eigenvalue weighted by Gasteiger charge is 2.11. The van der Waals surface area contributed by atoms with Gasteiger partial charge in [-0.05, 0) is 51.7 Å². The number of hydrogen-bond donors (Lipinski definition) is 1. The molecule has 0 heterocycles. The van der Waals surface area contributed by atoms with Crippen molar-refractivity contribution in [2.24, 2.45) is 0 Å². The third kappa shape index (κ3) is 5.07. The second-order valence-corrected chi connectivity index (χ2v) is 4.77. The summed E-state index contributed by atoms with van der Waals surface area (Å²) >= 11 is 0. The van der Waals surface area contributed by atoms with Crippen LogP contribution in [0.25, 0.3) is 0 Å². The van der Waals surface area contributed by atoms with Crippen molar-refractivity contribution < 1.29 is 4.74 Å². The van der Waals surface area contributed by atoms with E-state index >= 15 is 0 Å². The lowest BCUT2D eigenvalue weighted by molar-refractivity contribution is 0.336. The Morgan fingerprint density at radius 1 is 1.17 bits per heavy atom. The van der Waals surface area contributed by atoms with Crippen molar-refractivity contribution in [3.8, 4) is 5.75 Å². The van der Waals surface area contributed by atoms with E-state index in [1.165, 1.54) is 5.56 Å². The summed E-state index contributed by atoms with van der Waals surface area (Å²) in [6.45, 7) is 6.97. The van der Waals surface area contributed by atoms with E-state index in [0.29, 0.717) is 12.6 Å². The standard InChI is InChI=1S/C15H26N2O/c1-5-11-16-15(12-17(3)4)13-7-9-14(10-8-13)18-6-2/h7-10,15-16H,5-6,11-12H2,1-4H3. The van der Waals surface area contributed by atoms with Gasteiger partial charge in [0.25, 0.3) is 0 Å². The zero-order valence-electron chi connectivity index (χ0n) is 12.1. The molecule has 3 heteroatoms. The van der Waals surface area contributed by atoms with Crippen molar-refractivity contribution in [1.29, 1.82) is 0 Å². The fraction of sp³-hybridized carbons (Fsp3) is 0.600. The summed E-state index contributed by atoms with van der Waals surface area (Å²) in [6, 6.07) is 8.80. The van der Waals surface area contributed by atoms with E-state index in [1.807, 2.05) is 6.92 Å². The van der Waals surface area contributed by atoms with Gasteiger partial charge in [-0.2, -0.15) is 0 Å². The SMILES string of the molecule is CCCNC(CN(C)C)c1ccc(OCC)cc1. The summed E-state index contributed by atoms with van der Waals surface area (Å²) < 4.78 is 5.47. The summed E-state index contributed by atoms with van der Waals surface area (Å²) in [5.74, 6) is 0.945. The Kier molecular flexibility index (Phi) is 6.76. The Balaban J connectivity index is 2.70. The molecule has 0 aliphatic rings. The molecule has 1 aromatic carbocycles. The van der Waals surface area contributed by atoms with E-state index in [9.17, 15) is 0 Å². The molecule has 0 bridgehead atoms. The van der Waals surface area contributed by atoms with Crippen LogP contribution in [0.5, 0.6) is 5.75 Å². The minimum atomic E-state index is 0.385. The molecule has 0 spiro atoms. The predicted octanol–water partition coefficient (Wildman–Crippen LogP) is 2.69. The first-order chi connectivity index (χ1) is 8.67. The Hall–Kier alpha value is -1.06. The molecule has 18 heavy (non-hydrogen) atoms. The van der Waals surface area contributed by atoms with Crippen LogP contribution in [0.1, 0.15) is 31.9 Å². The third-order valence-electron chi connectivity index (χ3n) is 2.78. The van der Waals surface area contributed by atoms with Crippen molar-refractivity contribution >= 4 is 0 Å². The Morgan fingerprint density at radius 2 is 1.83 bits per heavy atom. The molecule has 0 aliphatic heterocycles. The van der Waals surface area contributed by atoms with Gasteiger partial charge in [-0.15, -0.1) is 0 Å². The molecule has 1 unspecified atom stereocenters. The van der Waals surface area contributed by atoms with Gasteiger partial charge in [0.2, 0.25) is 0 Å². The fourth-order valence-electron chi connectivity index (χ4n) is 1.93. The molecular weight excluding hydrogens is 224 g/mol. The molecule has 0 aromatic heterocycles. The molecular formula is C15H26N2O. The summed E-state index contributed by atoms with van der Waals surface area (Å²) in [4.78, 5) is 2.21. The van der Waals surface area contributed by atoms with E-state index in [2.05, 4.69) is 55.5 Å². The summed E-state index contributed by atoms with van der Waals surface area (Å²) in [5, 5.41) is 3.59. The topological polar surface area (TPSA) is 24.5 Å². The smallest absolute Gasteiger partial charge is 0.119 e. The molecule has 102 valence electrons. The van der Waals surface area contributed by atoms with Crippen LogP contribution < -0.4 is 10.1 Å². The first-order valence-electron chi connectivity index (χ1n) is 6.78. The zero-order valence-corrected chi connectivity index (χ0v) is 12.1. The van der Waals surface area contributed by atoms with Crippen LogP contribution >= 0.6 is 0 Å². The van der Waals surface area contributed by atoms with Gasteiger partial charge in [0.15, 0.2) is 0 Å². The molecule has 1 N–H and O–H groups in total. The highest BCUT2D eigenvalue weighted by molar-refractivity contribution is 5.29. The van der Waals surface area contributed by atoms with Crippen molar-refractivity contribution in [3.05, 3.63) is 29.8 Å². The van der Waals surface area contributed by atoms with Crippen LogP contribution in [0.15, 0.2) is 24.3 Å². The van der Waals surface area contributed by atoms with Gasteiger partial charge in [-0.1, -0.05) is 19.1 Å². The van der Waals surface area contributed by atoms with Gasteiger partial charge in [-0.25, -0.2) is 0 Å². The van der Waals surface area contributed by atoms with Crippen LogP contribution in [-0.2, 0) is 0 Å². The van der Waals surface area contributed by atoms with Gasteiger partial charge in [0.1, 0.15) is 5.75 Å². The van der Waals surface area contributed by atoms with Gasteiger partial charge in [0.05, 0.1) is 6.61 Å². The van der Waals surface area contributed by atoms with Crippen LogP contribution in [0.4, 0.5) is 0 Å². The number of benzene rings is 1. The maximum Gasteiger partial charge on any atom is 0.119 e. The summed E-state index contributed by atoms with van der Waals surface area (Å²) in [5.41, 5.74) is 1.32. The molecule has 1 rings (SSSR count). The van der Waals surface area contributed by atoms with Crippen LogP contribution in [-0.4, -0.2) is 38.7 Å². The Morgan fingerprint density at radius 3 is 2.33 bits per heavy atom. The normalized spacial score (nSPS) is 12.7. The van der Waals surface area contributed by atoms with E-state index in [0.717, 1.165) is 25.3 Å². The number of rotatable bonds is 8. The molecule has 1 aromatic rings. The maximum atomic E-state index is 5.47. The molecule has 0 radical (unpaired) electrons. The second kappa shape index (κ2) is 8.11. The number of likely N-dealkylation sites (N-methyl/N-ethyl adjacent to an activating group) is 1. The molecule has 0 saturated heterocycles. The summed E-state index contributed by atoms with van der Waals surface area (Å²) in [7, 11) is 4.21. The lowest BCUT2D eigenvalue weighted by Gasteiger charge is -2.23. The van der Waals surface area contributed by atoms with Crippen LogP contribution in [0.2, 0.25) is 0 Å². The number of nitrogens with zero attached hydrogens (tertiary/aromatic N) is 1. The fourth-order valence-corrected chi connectivity index (χ4v) is 1.93. The minimum Gasteiger partial charge on any atom is -0.494 e. The molecule has 0 saturated carbocycles. The van der Waals surface area contributed by atoms with Gasteiger partial charge < -0.3 is 15.0 Å². The molecule has 1 atom stereocenters. The minimum absolute atomic E-state index is 0.385. The van der Waals surface area contributed by atoms with Crippen molar-refractivity contribution in [2.45, 2.75) is 26.3 Å². The van der Waals surface area contributed by atoms with Gasteiger partial charge in [-0.3, -0.25) is 0 Å². The zero-order chi connectivity index (χ0) is 13.4. The molecule has 3 nitrogen and oxygen atoms in total. The average Bonchev–Trinajstić information content (AvgIpc) is 2.35. The van der Waals surface area contributed by atoms with Gasteiger partial charge in [0, 0.05) is 12.6 Å². The highest BCUT2D eigenvalue weighted by atomic mass is 16.5. The third-order valence-corrected chi connectivity index (χ3v) is 2.78. The first kappa shape index (κ1) is 15.0. The number of nitrogens with one attached hydrogen (secondary N) is 1. The Bertz CT molecular complexity index is 322. The van der Waals surface area contributed by atoms with Crippen molar-refractivity contribution in [1.82, 2.24) is 10.2 Å². The van der Waals surface area contributed by atoms with E-state index in [-0.39, 0.29) is 0 Å². The lowest BCUT2D eigenvalue weighted by Crippen LogP contribution is -2.31. The van der Waals surface area contributed by atoms with Crippen molar-refractivity contribution in [3.63, 3.8) is 0 Å². The Labute approximate surface area is 111 Å². The highest BCUT2D eigenvalue weighted by Crippen LogP contribution is 2.18. The monoisotopic (exact) mass is 250 g/mol.